The number of aliphatic hydroxyl groups excluding tert-OH is 1. The summed E-state index contributed by atoms with van der Waals surface area (Å²) in [5, 5.41) is 9.38. The minimum Gasteiger partial charge on any atom is -0.393 e. The van der Waals surface area contributed by atoms with E-state index in [1.54, 1.807) is 17.2 Å². The van der Waals surface area contributed by atoms with E-state index >= 15 is 0 Å². The summed E-state index contributed by atoms with van der Waals surface area (Å²) < 4.78 is 2.15. The quantitative estimate of drug-likeness (QED) is 0.869. The molecule has 0 aromatic carbocycles. The van der Waals surface area contributed by atoms with E-state index in [4.69, 9.17) is 0 Å². The molecule has 2 rings (SSSR count). The number of carbonyl (C=O) groups excluding carboxylic acids is 1. The number of pyridine rings is 1. The molecule has 0 spiro atoms. The van der Waals surface area contributed by atoms with Gasteiger partial charge in [0, 0.05) is 29.8 Å². The van der Waals surface area contributed by atoms with Gasteiger partial charge in [0.2, 0.25) is 5.91 Å². The molecular weight excluding hydrogens is 300 g/mol. The lowest BCUT2D eigenvalue weighted by atomic mass is 10.1. The van der Waals surface area contributed by atoms with Gasteiger partial charge in [0.15, 0.2) is 0 Å². The summed E-state index contributed by atoms with van der Waals surface area (Å²) in [6.07, 6.45) is 2.53. The van der Waals surface area contributed by atoms with Gasteiger partial charge in [0.25, 0.3) is 5.56 Å². The van der Waals surface area contributed by atoms with E-state index in [-0.39, 0.29) is 24.1 Å². The van der Waals surface area contributed by atoms with Crippen LogP contribution in [0.3, 0.4) is 0 Å². The average Bonchev–Trinajstić information content (AvgIpc) is 2.34. The van der Waals surface area contributed by atoms with E-state index in [1.807, 2.05) is 0 Å². The number of piperidine rings is 1. The van der Waals surface area contributed by atoms with Gasteiger partial charge in [0.1, 0.15) is 6.54 Å². The first-order chi connectivity index (χ1) is 8.56. The van der Waals surface area contributed by atoms with Crippen molar-refractivity contribution in [1.29, 1.82) is 0 Å². The minimum absolute atomic E-state index is 0.0500. The molecule has 1 aliphatic rings. The molecule has 2 heterocycles. The Kier molecular flexibility index (Phi) is 4.19. The number of carbonyl (C=O) groups is 1. The van der Waals surface area contributed by atoms with Gasteiger partial charge in [0.05, 0.1) is 6.10 Å². The van der Waals surface area contributed by atoms with E-state index in [9.17, 15) is 14.7 Å². The fourth-order valence-corrected chi connectivity index (χ4v) is 2.37. The second-order valence-corrected chi connectivity index (χ2v) is 5.34. The van der Waals surface area contributed by atoms with Crippen LogP contribution in [0.4, 0.5) is 0 Å². The van der Waals surface area contributed by atoms with Crippen molar-refractivity contribution in [2.75, 3.05) is 13.1 Å². The van der Waals surface area contributed by atoms with Gasteiger partial charge in [-0.25, -0.2) is 0 Å². The predicted octanol–water partition coefficient (Wildman–Crippen LogP) is 0.594. The zero-order valence-electron chi connectivity index (χ0n) is 9.88. The molecular formula is C12H15BrN2O3. The summed E-state index contributed by atoms with van der Waals surface area (Å²) in [6, 6.07) is 3.08. The van der Waals surface area contributed by atoms with Gasteiger partial charge < -0.3 is 14.6 Å². The highest BCUT2D eigenvalue weighted by Crippen LogP contribution is 2.11. The van der Waals surface area contributed by atoms with Gasteiger partial charge in [-0.05, 0) is 34.8 Å². The molecule has 0 bridgehead atoms. The second-order valence-electron chi connectivity index (χ2n) is 4.43. The van der Waals surface area contributed by atoms with Gasteiger partial charge >= 0.3 is 0 Å². The summed E-state index contributed by atoms with van der Waals surface area (Å²) in [4.78, 5) is 25.3. The zero-order chi connectivity index (χ0) is 13.1. The molecule has 0 atom stereocenters. The average molecular weight is 315 g/mol. The molecule has 1 aliphatic heterocycles. The van der Waals surface area contributed by atoms with Crippen molar-refractivity contribution in [3.63, 3.8) is 0 Å². The van der Waals surface area contributed by atoms with Gasteiger partial charge in [-0.3, -0.25) is 9.59 Å². The molecule has 1 saturated heterocycles. The van der Waals surface area contributed by atoms with Gasteiger partial charge in [-0.1, -0.05) is 0 Å². The Bertz CT molecular complexity index is 492. The SMILES string of the molecule is O=C(Cn1cc(Br)ccc1=O)N1CCC(O)CC1. The number of aliphatic hydroxyl groups is 1. The third-order valence-electron chi connectivity index (χ3n) is 3.07. The fraction of sp³-hybridized carbons (Fsp3) is 0.500. The first-order valence-corrected chi connectivity index (χ1v) is 6.67. The number of halogens is 1. The predicted molar refractivity (Wildman–Crippen MR) is 70.2 cm³/mol. The van der Waals surface area contributed by atoms with Crippen LogP contribution in [0.5, 0.6) is 0 Å². The summed E-state index contributed by atoms with van der Waals surface area (Å²) >= 11 is 3.27. The molecule has 98 valence electrons. The molecule has 6 heteroatoms. The van der Waals surface area contributed by atoms with Crippen LogP contribution in [0.1, 0.15) is 12.8 Å². The summed E-state index contributed by atoms with van der Waals surface area (Å²) in [5.74, 6) is -0.0814. The first-order valence-electron chi connectivity index (χ1n) is 5.88. The molecule has 1 amide bonds. The van der Waals surface area contributed by atoms with Crippen LogP contribution in [0.2, 0.25) is 0 Å². The van der Waals surface area contributed by atoms with Crippen LogP contribution in [-0.4, -0.2) is 39.7 Å². The highest BCUT2D eigenvalue weighted by molar-refractivity contribution is 9.10. The van der Waals surface area contributed by atoms with Crippen molar-refractivity contribution in [2.45, 2.75) is 25.5 Å². The number of nitrogens with zero attached hydrogens (tertiary/aromatic N) is 2. The first kappa shape index (κ1) is 13.3. The summed E-state index contributed by atoms with van der Waals surface area (Å²) in [6.45, 7) is 1.17. The van der Waals surface area contributed by atoms with E-state index in [2.05, 4.69) is 15.9 Å². The molecule has 0 unspecified atom stereocenters. The Morgan fingerprint density at radius 1 is 1.39 bits per heavy atom. The van der Waals surface area contributed by atoms with Crippen LogP contribution >= 0.6 is 15.9 Å². The minimum atomic E-state index is -0.303. The lowest BCUT2D eigenvalue weighted by molar-refractivity contribution is -0.133. The third kappa shape index (κ3) is 3.20. The van der Waals surface area contributed by atoms with Gasteiger partial charge in [-0.2, -0.15) is 0 Å². The maximum absolute atomic E-state index is 12.0. The van der Waals surface area contributed by atoms with Crippen molar-refractivity contribution >= 4 is 21.8 Å². The number of rotatable bonds is 2. The Labute approximate surface area is 113 Å². The van der Waals surface area contributed by atoms with E-state index < -0.39 is 0 Å². The maximum atomic E-state index is 12.0. The molecule has 1 N–H and O–H groups in total. The second kappa shape index (κ2) is 5.67. The number of hydrogen-bond acceptors (Lipinski definition) is 3. The molecule has 1 fully saturated rings. The van der Waals surface area contributed by atoms with Crippen molar-refractivity contribution in [2.24, 2.45) is 0 Å². The Morgan fingerprint density at radius 2 is 2.06 bits per heavy atom. The molecule has 0 radical (unpaired) electrons. The normalized spacial score (nSPS) is 16.9. The lowest BCUT2D eigenvalue weighted by Crippen LogP contribution is -2.42. The highest BCUT2D eigenvalue weighted by Gasteiger charge is 2.21. The summed E-state index contributed by atoms with van der Waals surface area (Å²) in [5.41, 5.74) is -0.191. The molecule has 1 aromatic heterocycles. The Hall–Kier alpha value is -1.14. The molecule has 0 saturated carbocycles. The van der Waals surface area contributed by atoms with Crippen LogP contribution in [0.15, 0.2) is 27.6 Å². The third-order valence-corrected chi connectivity index (χ3v) is 3.54. The Balaban J connectivity index is 2.03. The standard InChI is InChI=1S/C12H15BrN2O3/c13-9-1-2-11(17)15(7-9)8-12(18)14-5-3-10(16)4-6-14/h1-2,7,10,16H,3-6,8H2. The molecule has 1 aromatic rings. The zero-order valence-corrected chi connectivity index (χ0v) is 11.5. The van der Waals surface area contributed by atoms with Crippen LogP contribution in [0.25, 0.3) is 0 Å². The maximum Gasteiger partial charge on any atom is 0.251 e. The molecule has 5 nitrogen and oxygen atoms in total. The number of likely N-dealkylation sites (tertiary alicyclic amines) is 1. The largest absolute Gasteiger partial charge is 0.393 e. The smallest absolute Gasteiger partial charge is 0.251 e. The van der Waals surface area contributed by atoms with Crippen LogP contribution < -0.4 is 5.56 Å². The van der Waals surface area contributed by atoms with E-state index in [0.717, 1.165) is 4.47 Å². The molecule has 18 heavy (non-hydrogen) atoms. The topological polar surface area (TPSA) is 62.5 Å². The molecule has 0 aliphatic carbocycles. The van der Waals surface area contributed by atoms with Crippen molar-refractivity contribution in [3.05, 3.63) is 33.2 Å². The van der Waals surface area contributed by atoms with Crippen LogP contribution in [-0.2, 0) is 11.3 Å². The monoisotopic (exact) mass is 314 g/mol. The van der Waals surface area contributed by atoms with Crippen molar-refractivity contribution in [3.8, 4) is 0 Å². The van der Waals surface area contributed by atoms with E-state index in [0.29, 0.717) is 25.9 Å². The summed E-state index contributed by atoms with van der Waals surface area (Å²) in [7, 11) is 0. The highest BCUT2D eigenvalue weighted by atomic mass is 79.9. The fourth-order valence-electron chi connectivity index (χ4n) is 1.99. The van der Waals surface area contributed by atoms with Crippen molar-refractivity contribution < 1.29 is 9.90 Å². The lowest BCUT2D eigenvalue weighted by Gasteiger charge is -2.29. The number of aromatic nitrogens is 1. The van der Waals surface area contributed by atoms with E-state index in [1.165, 1.54) is 10.6 Å². The van der Waals surface area contributed by atoms with Crippen molar-refractivity contribution in [1.82, 2.24) is 9.47 Å². The Morgan fingerprint density at radius 3 is 2.72 bits per heavy atom. The number of amides is 1. The number of hydrogen-bond donors (Lipinski definition) is 1. The van der Waals surface area contributed by atoms with Crippen LogP contribution in [0, 0.1) is 0 Å². The van der Waals surface area contributed by atoms with Gasteiger partial charge in [-0.15, -0.1) is 0 Å².